The maximum absolute atomic E-state index is 13.3. The number of carbonyl (C=O) groups is 2. The highest BCUT2D eigenvalue weighted by atomic mass is 32.2. The lowest BCUT2D eigenvalue weighted by molar-refractivity contribution is -0.141. The number of ether oxygens (including phenoxy) is 1. The number of hydrogen-bond acceptors (Lipinski definition) is 10. The number of aromatic amines is 1. The molecule has 0 fully saturated rings. The number of benzene rings is 4. The van der Waals surface area contributed by atoms with Crippen LogP contribution in [0.15, 0.2) is 94.9 Å². The molecule has 0 radical (unpaired) electrons. The third-order valence-electron chi connectivity index (χ3n) is 11.1. The fourth-order valence-electron chi connectivity index (χ4n) is 7.73. The molecule has 61 heavy (non-hydrogen) atoms. The van der Waals surface area contributed by atoms with Crippen LogP contribution >= 0.6 is 11.3 Å². The van der Waals surface area contributed by atoms with Crippen molar-refractivity contribution >= 4 is 55.5 Å². The summed E-state index contributed by atoms with van der Waals surface area (Å²) in [6, 6.07) is 25.4. The Bertz CT molecular complexity index is 3060. The lowest BCUT2D eigenvalue weighted by atomic mass is 9.95. The van der Waals surface area contributed by atoms with Gasteiger partial charge in [-0.25, -0.2) is 8.42 Å². The zero-order chi connectivity index (χ0) is 43.2. The molecule has 8 rings (SSSR count). The quantitative estimate of drug-likeness (QED) is 0.109. The number of thiophene rings is 1. The average Bonchev–Trinajstić information content (AvgIpc) is 3.93. The molecule has 0 saturated carbocycles. The molecule has 0 spiro atoms. The fourth-order valence-corrected chi connectivity index (χ4v) is 10.0. The zero-order valence-corrected chi connectivity index (χ0v) is 36.0. The van der Waals surface area contributed by atoms with Crippen molar-refractivity contribution in [2.24, 2.45) is 4.99 Å². The van der Waals surface area contributed by atoms with Gasteiger partial charge in [0.1, 0.15) is 22.9 Å². The van der Waals surface area contributed by atoms with E-state index in [0.717, 1.165) is 65.9 Å². The maximum atomic E-state index is 13.3. The molecule has 0 saturated heterocycles. The number of amides is 1. The number of nitrogens with one attached hydrogen (secondary N) is 3. The molecular weight excluding hydrogens is 809 g/mol. The van der Waals surface area contributed by atoms with Crippen molar-refractivity contribution in [1.82, 2.24) is 25.1 Å². The van der Waals surface area contributed by atoms with Gasteiger partial charge in [0, 0.05) is 39.7 Å². The van der Waals surface area contributed by atoms with Crippen molar-refractivity contribution in [3.05, 3.63) is 146 Å². The van der Waals surface area contributed by atoms with Crippen LogP contribution in [0.1, 0.15) is 78.3 Å². The first kappa shape index (κ1) is 40.9. The molecule has 0 unspecified atom stereocenters. The molecule has 4 aromatic carbocycles. The summed E-state index contributed by atoms with van der Waals surface area (Å²) in [5.41, 5.74) is 10.2. The third kappa shape index (κ3) is 7.71. The second kappa shape index (κ2) is 16.3. The monoisotopic (exact) mass is 850 g/mol. The number of fused-ring (bicyclic) bond motifs is 4. The van der Waals surface area contributed by atoms with Gasteiger partial charge < -0.3 is 15.0 Å². The average molecular weight is 851 g/mol. The van der Waals surface area contributed by atoms with Crippen molar-refractivity contribution < 1.29 is 22.7 Å². The molecule has 4 heterocycles. The van der Waals surface area contributed by atoms with E-state index in [1.54, 1.807) is 41.8 Å². The normalized spacial score (nSPS) is 13.5. The summed E-state index contributed by atoms with van der Waals surface area (Å²) in [5, 5.41) is 22.9. The predicted molar refractivity (Wildman–Crippen MR) is 236 cm³/mol. The number of aromatic nitrogens is 4. The molecule has 7 aromatic rings. The number of H-pyrrole nitrogens is 1. The van der Waals surface area contributed by atoms with Crippen LogP contribution in [0.5, 0.6) is 0 Å². The van der Waals surface area contributed by atoms with E-state index in [-0.39, 0.29) is 23.2 Å². The Labute approximate surface area is 357 Å². The van der Waals surface area contributed by atoms with Gasteiger partial charge >= 0.3 is 5.97 Å². The molecule has 1 amide bonds. The number of aryl methyl sites for hydroxylation is 4. The molecule has 3 N–H and O–H groups in total. The number of esters is 1. The summed E-state index contributed by atoms with van der Waals surface area (Å²) in [6.45, 7) is 10.2. The number of carbonyl (C=O) groups excluding carboxylic acids is 2. The first-order valence-electron chi connectivity index (χ1n) is 19.6. The number of sulfonamides is 1. The van der Waals surface area contributed by atoms with Crippen molar-refractivity contribution in [3.8, 4) is 22.2 Å². The molecule has 0 aliphatic carbocycles. The van der Waals surface area contributed by atoms with E-state index in [2.05, 4.69) is 45.1 Å². The summed E-state index contributed by atoms with van der Waals surface area (Å²) >= 11 is 1.65. The molecule has 308 valence electrons. The van der Waals surface area contributed by atoms with Crippen molar-refractivity contribution in [2.75, 3.05) is 18.4 Å². The second-order valence-corrected chi connectivity index (χ2v) is 17.9. The van der Waals surface area contributed by atoms with Crippen LogP contribution in [-0.2, 0) is 26.0 Å². The van der Waals surface area contributed by atoms with Crippen molar-refractivity contribution in [1.29, 1.82) is 5.26 Å². The molecule has 3 aromatic heterocycles. The summed E-state index contributed by atoms with van der Waals surface area (Å²) in [4.78, 5) is 35.2. The standard InChI is InChI=1S/C46H42N8O5S2/c1-25-7-18-37(43-40(25)34(23-47)24-49-43)53-61(57,58)35-15-8-30(9-16-35)19-20-48-45(56)36-17-14-33(21-26(36)2)31-10-12-32(13-11-31)42-41-27(3)28(4)60-46(41)54-29(5)51-52-44(54)38(50-42)22-39(55)59-6/h7-18,21,24,38,49,53H,19-20,22H2,1-6H3,(H,48,56)/t38-/m0/s1. The summed E-state index contributed by atoms with van der Waals surface area (Å²) in [5.74, 6) is 0.734. The van der Waals surface area contributed by atoms with Crippen LogP contribution in [0.2, 0.25) is 0 Å². The van der Waals surface area contributed by atoms with E-state index in [9.17, 15) is 23.3 Å². The van der Waals surface area contributed by atoms with Gasteiger partial charge in [-0.05, 0) is 98.7 Å². The third-order valence-corrected chi connectivity index (χ3v) is 13.7. The number of nitrogens with zero attached hydrogens (tertiary/aromatic N) is 5. The molecule has 1 aliphatic heterocycles. The van der Waals surface area contributed by atoms with Crippen LogP contribution in [-0.4, -0.2) is 59.4 Å². The molecule has 0 bridgehead atoms. The topological polar surface area (TPSA) is 184 Å². The summed E-state index contributed by atoms with van der Waals surface area (Å²) in [6.07, 6.45) is 2.10. The predicted octanol–water partition coefficient (Wildman–Crippen LogP) is 8.12. The molecule has 13 nitrogen and oxygen atoms in total. The van der Waals surface area contributed by atoms with Crippen LogP contribution < -0.4 is 10.0 Å². The van der Waals surface area contributed by atoms with Gasteiger partial charge in [-0.2, -0.15) is 5.26 Å². The van der Waals surface area contributed by atoms with Gasteiger partial charge in [0.15, 0.2) is 5.82 Å². The van der Waals surface area contributed by atoms with Crippen LogP contribution in [0, 0.1) is 45.9 Å². The minimum Gasteiger partial charge on any atom is -0.469 e. The van der Waals surface area contributed by atoms with E-state index >= 15 is 0 Å². The van der Waals surface area contributed by atoms with E-state index in [1.165, 1.54) is 19.2 Å². The van der Waals surface area contributed by atoms with Gasteiger partial charge in [0.25, 0.3) is 15.9 Å². The number of nitriles is 1. The highest BCUT2D eigenvalue weighted by Crippen LogP contribution is 2.40. The Morgan fingerprint density at radius 3 is 2.34 bits per heavy atom. The van der Waals surface area contributed by atoms with Crippen molar-refractivity contribution in [2.45, 2.75) is 58.4 Å². The van der Waals surface area contributed by atoms with Crippen LogP contribution in [0.4, 0.5) is 5.69 Å². The highest BCUT2D eigenvalue weighted by Gasteiger charge is 2.32. The Kier molecular flexibility index (Phi) is 10.9. The van der Waals surface area contributed by atoms with Gasteiger partial charge in [-0.15, -0.1) is 21.5 Å². The van der Waals surface area contributed by atoms with Gasteiger partial charge in [-0.1, -0.05) is 54.6 Å². The Morgan fingerprint density at radius 1 is 0.918 bits per heavy atom. The number of anilines is 1. The first-order chi connectivity index (χ1) is 29.3. The maximum Gasteiger partial charge on any atom is 0.308 e. The van der Waals surface area contributed by atoms with E-state index < -0.39 is 16.1 Å². The largest absolute Gasteiger partial charge is 0.469 e. The van der Waals surface area contributed by atoms with E-state index in [1.807, 2.05) is 67.8 Å². The summed E-state index contributed by atoms with van der Waals surface area (Å²) in [7, 11) is -2.55. The van der Waals surface area contributed by atoms with Crippen LogP contribution in [0.3, 0.4) is 0 Å². The van der Waals surface area contributed by atoms with Crippen molar-refractivity contribution in [3.63, 3.8) is 0 Å². The second-order valence-electron chi connectivity index (χ2n) is 15.0. The summed E-state index contributed by atoms with van der Waals surface area (Å²) < 4.78 is 36.2. The molecule has 15 heteroatoms. The molecular formula is C46H42N8O5S2. The number of methoxy groups -OCH3 is 1. The number of hydrogen-bond donors (Lipinski definition) is 3. The Morgan fingerprint density at radius 2 is 1.64 bits per heavy atom. The Hall–Kier alpha value is -6.89. The SMILES string of the molecule is COC(=O)C[C@@H]1N=C(c2ccc(-c3ccc(C(=O)NCCc4ccc(S(=O)(=O)Nc5ccc(C)c6c(C#N)c[nH]c56)cc4)c(C)c3)cc2)c2c(sc(C)c2C)-n2c(C)nnc21. The minimum absolute atomic E-state index is 0.0283. The number of rotatable bonds is 11. The lowest BCUT2D eigenvalue weighted by Gasteiger charge is -2.13. The lowest BCUT2D eigenvalue weighted by Crippen LogP contribution is -2.26. The molecule has 1 atom stereocenters. The highest BCUT2D eigenvalue weighted by molar-refractivity contribution is 7.92. The van der Waals surface area contributed by atoms with Crippen LogP contribution in [0.25, 0.3) is 27.0 Å². The van der Waals surface area contributed by atoms with E-state index in [4.69, 9.17) is 9.73 Å². The number of aliphatic imine (C=N–C) groups is 1. The first-order valence-corrected chi connectivity index (χ1v) is 21.9. The minimum atomic E-state index is -3.91. The van der Waals surface area contributed by atoms with Gasteiger partial charge in [0.05, 0.1) is 40.9 Å². The zero-order valence-electron chi connectivity index (χ0n) is 34.4. The Balaban J connectivity index is 0.932. The van der Waals surface area contributed by atoms with Gasteiger partial charge in [0.2, 0.25) is 0 Å². The van der Waals surface area contributed by atoms with Gasteiger partial charge in [-0.3, -0.25) is 23.9 Å². The van der Waals surface area contributed by atoms with E-state index in [0.29, 0.717) is 46.5 Å². The fraction of sp³-hybridized carbons (Fsp3) is 0.217. The molecule has 1 aliphatic rings. The smallest absolute Gasteiger partial charge is 0.308 e.